The molecule has 1 aliphatic heterocycles. The zero-order valence-electron chi connectivity index (χ0n) is 8.95. The first-order chi connectivity index (χ1) is 7.29. The molecule has 1 aromatic heterocycles. The summed E-state index contributed by atoms with van der Waals surface area (Å²) >= 11 is 3.41. The summed E-state index contributed by atoms with van der Waals surface area (Å²) in [5, 5.41) is 0. The number of nitrogens with zero attached hydrogens (tertiary/aromatic N) is 3. The molecule has 0 aromatic carbocycles. The van der Waals surface area contributed by atoms with Gasteiger partial charge in [0, 0.05) is 25.8 Å². The van der Waals surface area contributed by atoms with E-state index in [0.717, 1.165) is 49.8 Å². The molecule has 4 nitrogen and oxygen atoms in total. The van der Waals surface area contributed by atoms with Crippen molar-refractivity contribution in [2.75, 3.05) is 26.3 Å². The molecule has 0 bridgehead atoms. The van der Waals surface area contributed by atoms with Crippen LogP contribution in [0.15, 0.2) is 10.8 Å². The fourth-order valence-corrected chi connectivity index (χ4v) is 2.23. The minimum Gasteiger partial charge on any atom is -0.379 e. The van der Waals surface area contributed by atoms with Crippen LogP contribution in [0.3, 0.4) is 0 Å². The van der Waals surface area contributed by atoms with Gasteiger partial charge in [-0.2, -0.15) is 0 Å². The maximum absolute atomic E-state index is 5.32. The molecule has 15 heavy (non-hydrogen) atoms. The molecular formula is C10H16BrN3O. The average molecular weight is 274 g/mol. The summed E-state index contributed by atoms with van der Waals surface area (Å²) in [6.45, 7) is 7.72. The lowest BCUT2D eigenvalue weighted by atomic mass is 10.4. The number of ether oxygens (including phenoxy) is 1. The van der Waals surface area contributed by atoms with Gasteiger partial charge >= 0.3 is 0 Å². The first-order valence-corrected chi connectivity index (χ1v) is 6.10. The Hall–Kier alpha value is -0.390. The molecule has 0 aliphatic carbocycles. The monoisotopic (exact) mass is 273 g/mol. The molecule has 1 aromatic rings. The van der Waals surface area contributed by atoms with Gasteiger partial charge in [0.2, 0.25) is 0 Å². The van der Waals surface area contributed by atoms with Gasteiger partial charge < -0.3 is 9.30 Å². The SMILES string of the molecule is CCn1cc(Br)nc1CN1CCOCC1. The van der Waals surface area contributed by atoms with E-state index >= 15 is 0 Å². The Morgan fingerprint density at radius 3 is 2.87 bits per heavy atom. The van der Waals surface area contributed by atoms with Gasteiger partial charge in [0.1, 0.15) is 10.4 Å². The molecule has 2 rings (SSSR count). The number of aromatic nitrogens is 2. The smallest absolute Gasteiger partial charge is 0.124 e. The maximum Gasteiger partial charge on any atom is 0.124 e. The molecule has 0 saturated carbocycles. The maximum atomic E-state index is 5.32. The van der Waals surface area contributed by atoms with E-state index in [-0.39, 0.29) is 0 Å². The van der Waals surface area contributed by atoms with Gasteiger partial charge in [-0.3, -0.25) is 4.90 Å². The van der Waals surface area contributed by atoms with Gasteiger partial charge in [-0.05, 0) is 22.9 Å². The Morgan fingerprint density at radius 1 is 1.47 bits per heavy atom. The summed E-state index contributed by atoms with van der Waals surface area (Å²) in [4.78, 5) is 6.85. The highest BCUT2D eigenvalue weighted by Crippen LogP contribution is 2.12. The minimum absolute atomic E-state index is 0.841. The summed E-state index contributed by atoms with van der Waals surface area (Å²) in [5.74, 6) is 1.13. The van der Waals surface area contributed by atoms with Crippen LogP contribution in [-0.2, 0) is 17.8 Å². The van der Waals surface area contributed by atoms with Crippen LogP contribution >= 0.6 is 15.9 Å². The Bertz CT molecular complexity index is 320. The van der Waals surface area contributed by atoms with Crippen molar-refractivity contribution in [3.05, 3.63) is 16.6 Å². The zero-order chi connectivity index (χ0) is 10.7. The van der Waals surface area contributed by atoms with Crippen LogP contribution in [0.5, 0.6) is 0 Å². The van der Waals surface area contributed by atoms with E-state index in [0.29, 0.717) is 0 Å². The van der Waals surface area contributed by atoms with Crippen molar-refractivity contribution in [3.8, 4) is 0 Å². The quantitative estimate of drug-likeness (QED) is 0.836. The van der Waals surface area contributed by atoms with Crippen LogP contribution in [0.2, 0.25) is 0 Å². The van der Waals surface area contributed by atoms with Gasteiger partial charge in [-0.15, -0.1) is 0 Å². The molecule has 0 atom stereocenters. The van der Waals surface area contributed by atoms with E-state index in [1.165, 1.54) is 0 Å². The Kier molecular flexibility index (Phi) is 3.77. The fraction of sp³-hybridized carbons (Fsp3) is 0.700. The third-order valence-electron chi connectivity index (χ3n) is 2.64. The molecule has 0 radical (unpaired) electrons. The van der Waals surface area contributed by atoms with E-state index in [1.54, 1.807) is 0 Å². The minimum atomic E-state index is 0.841. The highest BCUT2D eigenvalue weighted by atomic mass is 79.9. The highest BCUT2D eigenvalue weighted by Gasteiger charge is 2.14. The summed E-state index contributed by atoms with van der Waals surface area (Å²) in [6, 6.07) is 0. The molecule has 1 aliphatic rings. The molecule has 0 spiro atoms. The largest absolute Gasteiger partial charge is 0.379 e. The van der Waals surface area contributed by atoms with Gasteiger partial charge in [-0.1, -0.05) is 0 Å². The van der Waals surface area contributed by atoms with Crippen molar-refractivity contribution >= 4 is 15.9 Å². The molecule has 2 heterocycles. The second-order valence-electron chi connectivity index (χ2n) is 3.65. The first kappa shape index (κ1) is 11.1. The number of halogens is 1. The van der Waals surface area contributed by atoms with Crippen molar-refractivity contribution in [2.24, 2.45) is 0 Å². The Morgan fingerprint density at radius 2 is 2.20 bits per heavy atom. The van der Waals surface area contributed by atoms with Gasteiger partial charge in [0.15, 0.2) is 0 Å². The molecule has 0 amide bonds. The first-order valence-electron chi connectivity index (χ1n) is 5.31. The predicted molar refractivity (Wildman–Crippen MR) is 61.7 cm³/mol. The molecule has 84 valence electrons. The van der Waals surface area contributed by atoms with Crippen LogP contribution in [0.4, 0.5) is 0 Å². The van der Waals surface area contributed by atoms with Gasteiger partial charge in [-0.25, -0.2) is 4.98 Å². The van der Waals surface area contributed by atoms with Crippen LogP contribution in [0.1, 0.15) is 12.7 Å². The summed E-state index contributed by atoms with van der Waals surface area (Å²) in [7, 11) is 0. The van der Waals surface area contributed by atoms with Crippen molar-refractivity contribution in [1.82, 2.24) is 14.5 Å². The second-order valence-corrected chi connectivity index (χ2v) is 4.47. The van der Waals surface area contributed by atoms with E-state index in [4.69, 9.17) is 4.74 Å². The van der Waals surface area contributed by atoms with Crippen LogP contribution in [-0.4, -0.2) is 40.8 Å². The lowest BCUT2D eigenvalue weighted by molar-refractivity contribution is 0.0326. The number of hydrogen-bond donors (Lipinski definition) is 0. The third kappa shape index (κ3) is 2.80. The molecule has 0 unspecified atom stereocenters. The van der Waals surface area contributed by atoms with Crippen LogP contribution in [0, 0.1) is 0 Å². The zero-order valence-corrected chi connectivity index (χ0v) is 10.5. The van der Waals surface area contributed by atoms with Gasteiger partial charge in [0.05, 0.1) is 19.8 Å². The van der Waals surface area contributed by atoms with Gasteiger partial charge in [0.25, 0.3) is 0 Å². The number of imidazole rings is 1. The van der Waals surface area contributed by atoms with E-state index in [9.17, 15) is 0 Å². The van der Waals surface area contributed by atoms with E-state index < -0.39 is 0 Å². The number of hydrogen-bond acceptors (Lipinski definition) is 3. The van der Waals surface area contributed by atoms with Crippen molar-refractivity contribution in [3.63, 3.8) is 0 Å². The van der Waals surface area contributed by atoms with Crippen molar-refractivity contribution in [2.45, 2.75) is 20.0 Å². The second kappa shape index (κ2) is 5.09. The van der Waals surface area contributed by atoms with Crippen molar-refractivity contribution < 1.29 is 4.74 Å². The lowest BCUT2D eigenvalue weighted by Crippen LogP contribution is -2.36. The highest BCUT2D eigenvalue weighted by molar-refractivity contribution is 9.10. The van der Waals surface area contributed by atoms with Crippen LogP contribution in [0.25, 0.3) is 0 Å². The molecule has 1 saturated heterocycles. The van der Waals surface area contributed by atoms with E-state index in [2.05, 4.69) is 37.3 Å². The Labute approximate surface area is 98.4 Å². The number of morpholine rings is 1. The molecule has 1 fully saturated rings. The Balaban J connectivity index is 2.02. The lowest BCUT2D eigenvalue weighted by Gasteiger charge is -2.26. The summed E-state index contributed by atoms with van der Waals surface area (Å²) < 4.78 is 8.42. The number of rotatable bonds is 3. The van der Waals surface area contributed by atoms with Crippen molar-refractivity contribution in [1.29, 1.82) is 0 Å². The standard InChI is InChI=1S/C10H16BrN3O/c1-2-14-7-9(11)12-10(14)8-13-3-5-15-6-4-13/h7H,2-6,8H2,1H3. The number of aryl methyl sites for hydroxylation is 1. The van der Waals surface area contributed by atoms with Crippen LogP contribution < -0.4 is 0 Å². The molecule has 0 N–H and O–H groups in total. The molecular weight excluding hydrogens is 258 g/mol. The average Bonchev–Trinajstić information content (AvgIpc) is 2.60. The van der Waals surface area contributed by atoms with E-state index in [1.807, 2.05) is 6.20 Å². The third-order valence-corrected chi connectivity index (χ3v) is 3.02. The summed E-state index contributed by atoms with van der Waals surface area (Å²) in [6.07, 6.45) is 2.04. The normalized spacial score (nSPS) is 18.3. The predicted octanol–water partition coefficient (Wildman–Crippen LogP) is 1.50. The molecule has 5 heteroatoms. The fourth-order valence-electron chi connectivity index (χ4n) is 1.78. The summed E-state index contributed by atoms with van der Waals surface area (Å²) in [5.41, 5.74) is 0. The topological polar surface area (TPSA) is 30.3 Å².